The summed E-state index contributed by atoms with van der Waals surface area (Å²) in [4.78, 5) is 19.0. The van der Waals surface area contributed by atoms with Crippen LogP contribution in [-0.4, -0.2) is 21.0 Å². The Bertz CT molecular complexity index is 1250. The summed E-state index contributed by atoms with van der Waals surface area (Å²) in [6, 6.07) is 12.4. The van der Waals surface area contributed by atoms with Gasteiger partial charge >= 0.3 is 12.1 Å². The first-order chi connectivity index (χ1) is 14.7. The van der Waals surface area contributed by atoms with Gasteiger partial charge in [-0.25, -0.2) is 19.2 Å². The summed E-state index contributed by atoms with van der Waals surface area (Å²) in [7, 11) is 0. The second kappa shape index (κ2) is 7.95. The summed E-state index contributed by atoms with van der Waals surface area (Å²) in [5.74, 6) is -1.15. The van der Waals surface area contributed by atoms with Crippen LogP contribution < -0.4 is 5.32 Å². The number of anilines is 1. The molecule has 0 radical (unpaired) electrons. The van der Waals surface area contributed by atoms with E-state index in [1.807, 2.05) is 0 Å². The number of nitrogens with one attached hydrogen (secondary N) is 1. The maximum atomic E-state index is 13.2. The molecule has 0 amide bonds. The number of fused-ring (bicyclic) bond motifs is 1. The maximum Gasteiger partial charge on any atom is 0.425 e. The van der Waals surface area contributed by atoms with Gasteiger partial charge < -0.3 is 10.4 Å². The Kier molecular flexibility index (Phi) is 5.32. The van der Waals surface area contributed by atoms with Gasteiger partial charge in [-0.05, 0) is 35.9 Å². The Labute approximate surface area is 177 Å². The molecule has 4 rings (SSSR count). The highest BCUT2D eigenvalue weighted by molar-refractivity contribution is 7.18. The van der Waals surface area contributed by atoms with Crippen LogP contribution >= 0.6 is 11.3 Å². The fraction of sp³-hybridized carbons (Fsp3) is 0.0952. The van der Waals surface area contributed by atoms with Gasteiger partial charge in [-0.2, -0.15) is 13.2 Å². The van der Waals surface area contributed by atoms with Gasteiger partial charge in [0.1, 0.15) is 21.3 Å². The highest BCUT2D eigenvalue weighted by atomic mass is 32.1. The lowest BCUT2D eigenvalue weighted by molar-refractivity contribution is -0.134. The monoisotopic (exact) mass is 447 g/mol. The van der Waals surface area contributed by atoms with Crippen molar-refractivity contribution in [1.82, 2.24) is 9.97 Å². The molecular formula is C21H13F4N3O2S. The number of alkyl halides is 3. The predicted molar refractivity (Wildman–Crippen MR) is 109 cm³/mol. The van der Waals surface area contributed by atoms with Crippen LogP contribution in [0.25, 0.3) is 21.6 Å². The number of carboxylic acids is 1. The third kappa shape index (κ3) is 4.48. The molecule has 0 fully saturated rings. The summed E-state index contributed by atoms with van der Waals surface area (Å²) in [6.45, 7) is 0.209. The van der Waals surface area contributed by atoms with E-state index in [-0.39, 0.29) is 34.0 Å². The zero-order valence-electron chi connectivity index (χ0n) is 15.6. The number of rotatable bonds is 5. The largest absolute Gasteiger partial charge is 0.478 e. The SMILES string of the molecule is O=C(O)c1ccc(-c2nc(NCc3ccc(F)cc3)c3cc(C(F)(F)F)sc3n2)cc1. The lowest BCUT2D eigenvalue weighted by Gasteiger charge is -2.09. The Hall–Kier alpha value is -3.53. The third-order valence-electron chi connectivity index (χ3n) is 4.44. The van der Waals surface area contributed by atoms with Crippen LogP contribution in [-0.2, 0) is 12.7 Å². The molecule has 0 atom stereocenters. The minimum Gasteiger partial charge on any atom is -0.478 e. The number of carboxylic acid groups (broad SMARTS) is 1. The molecule has 0 aliphatic rings. The fourth-order valence-corrected chi connectivity index (χ4v) is 3.77. The number of halogens is 4. The van der Waals surface area contributed by atoms with Gasteiger partial charge in [0.2, 0.25) is 0 Å². The van der Waals surface area contributed by atoms with Crippen LogP contribution in [0.3, 0.4) is 0 Å². The quantitative estimate of drug-likeness (QED) is 0.377. The lowest BCUT2D eigenvalue weighted by atomic mass is 10.1. The topological polar surface area (TPSA) is 75.1 Å². The number of aromatic nitrogens is 2. The first-order valence-corrected chi connectivity index (χ1v) is 9.73. The molecule has 10 heteroatoms. The van der Waals surface area contributed by atoms with Gasteiger partial charge in [-0.15, -0.1) is 11.3 Å². The molecule has 0 aliphatic carbocycles. The van der Waals surface area contributed by atoms with Crippen LogP contribution in [0.2, 0.25) is 0 Å². The van der Waals surface area contributed by atoms with Crippen molar-refractivity contribution in [3.63, 3.8) is 0 Å². The van der Waals surface area contributed by atoms with Crippen molar-refractivity contribution in [3.05, 3.63) is 76.4 Å². The molecule has 4 aromatic rings. The van der Waals surface area contributed by atoms with Crippen molar-refractivity contribution in [2.45, 2.75) is 12.7 Å². The number of benzene rings is 2. The van der Waals surface area contributed by atoms with E-state index in [0.717, 1.165) is 6.07 Å². The smallest absolute Gasteiger partial charge is 0.425 e. The zero-order valence-corrected chi connectivity index (χ0v) is 16.4. The molecule has 5 nitrogen and oxygen atoms in total. The summed E-state index contributed by atoms with van der Waals surface area (Å²) in [5, 5.41) is 12.2. The summed E-state index contributed by atoms with van der Waals surface area (Å²) in [5.41, 5.74) is 1.24. The van der Waals surface area contributed by atoms with E-state index < -0.39 is 22.8 Å². The highest BCUT2D eigenvalue weighted by Gasteiger charge is 2.33. The number of aromatic carboxylic acids is 1. The Morgan fingerprint density at radius 1 is 1.03 bits per heavy atom. The number of thiophene rings is 1. The second-order valence-corrected chi connectivity index (χ2v) is 7.62. The van der Waals surface area contributed by atoms with E-state index >= 15 is 0 Å². The predicted octanol–water partition coefficient (Wildman–Crippen LogP) is 5.83. The molecule has 158 valence electrons. The van der Waals surface area contributed by atoms with Crippen LogP contribution in [0.1, 0.15) is 20.8 Å². The average molecular weight is 447 g/mol. The fourth-order valence-electron chi connectivity index (χ4n) is 2.87. The van der Waals surface area contributed by atoms with E-state index in [2.05, 4.69) is 15.3 Å². The molecule has 0 spiro atoms. The van der Waals surface area contributed by atoms with E-state index in [1.165, 1.54) is 36.4 Å². The molecule has 0 unspecified atom stereocenters. The van der Waals surface area contributed by atoms with Crippen molar-refractivity contribution >= 4 is 33.3 Å². The summed E-state index contributed by atoms with van der Waals surface area (Å²) in [6.07, 6.45) is -4.52. The minimum absolute atomic E-state index is 0.0648. The molecule has 2 aromatic heterocycles. The molecule has 0 saturated heterocycles. The lowest BCUT2D eigenvalue weighted by Crippen LogP contribution is -2.04. The molecule has 0 bridgehead atoms. The molecule has 2 heterocycles. The van der Waals surface area contributed by atoms with E-state index in [1.54, 1.807) is 12.1 Å². The Balaban J connectivity index is 1.76. The second-order valence-electron chi connectivity index (χ2n) is 6.59. The molecule has 0 aliphatic heterocycles. The van der Waals surface area contributed by atoms with Gasteiger partial charge in [0.05, 0.1) is 10.9 Å². The van der Waals surface area contributed by atoms with E-state index in [4.69, 9.17) is 5.11 Å². The Morgan fingerprint density at radius 3 is 2.32 bits per heavy atom. The van der Waals surface area contributed by atoms with Crippen LogP contribution in [0.5, 0.6) is 0 Å². The number of hydrogen-bond acceptors (Lipinski definition) is 5. The van der Waals surface area contributed by atoms with E-state index in [0.29, 0.717) is 22.5 Å². The van der Waals surface area contributed by atoms with Crippen molar-refractivity contribution in [1.29, 1.82) is 0 Å². The maximum absolute atomic E-state index is 13.2. The third-order valence-corrected chi connectivity index (χ3v) is 5.51. The molecule has 31 heavy (non-hydrogen) atoms. The molecule has 2 N–H and O–H groups in total. The standard InChI is InChI=1S/C21H13F4N3O2S/c22-14-7-1-11(2-8-14)10-26-18-15-9-16(21(23,24)25)31-19(15)28-17(27-18)12-3-5-13(6-4-12)20(29)30/h1-9H,10H2,(H,29,30)(H,26,27,28). The van der Waals surface area contributed by atoms with Crippen molar-refractivity contribution in [2.24, 2.45) is 0 Å². The summed E-state index contributed by atoms with van der Waals surface area (Å²) >= 11 is 0.499. The molecule has 2 aromatic carbocycles. The molecule has 0 saturated carbocycles. The average Bonchev–Trinajstić information content (AvgIpc) is 3.18. The van der Waals surface area contributed by atoms with Crippen molar-refractivity contribution in [2.75, 3.05) is 5.32 Å². The van der Waals surface area contributed by atoms with Gasteiger partial charge in [-0.1, -0.05) is 24.3 Å². The number of hydrogen-bond donors (Lipinski definition) is 2. The first kappa shape index (κ1) is 20.7. The Morgan fingerprint density at radius 2 is 1.71 bits per heavy atom. The van der Waals surface area contributed by atoms with Gasteiger partial charge in [0.25, 0.3) is 0 Å². The zero-order chi connectivity index (χ0) is 22.2. The van der Waals surface area contributed by atoms with Crippen molar-refractivity contribution in [3.8, 4) is 11.4 Å². The van der Waals surface area contributed by atoms with Crippen LogP contribution in [0, 0.1) is 5.82 Å². The highest BCUT2D eigenvalue weighted by Crippen LogP contribution is 2.40. The van der Waals surface area contributed by atoms with Crippen molar-refractivity contribution < 1.29 is 27.5 Å². The first-order valence-electron chi connectivity index (χ1n) is 8.91. The van der Waals surface area contributed by atoms with Gasteiger partial charge in [0, 0.05) is 12.1 Å². The van der Waals surface area contributed by atoms with Crippen LogP contribution in [0.15, 0.2) is 54.6 Å². The normalized spacial score (nSPS) is 11.6. The number of nitrogens with zero attached hydrogens (tertiary/aromatic N) is 2. The van der Waals surface area contributed by atoms with Crippen LogP contribution in [0.4, 0.5) is 23.4 Å². The molecular weight excluding hydrogens is 434 g/mol. The summed E-state index contributed by atoms with van der Waals surface area (Å²) < 4.78 is 52.8. The minimum atomic E-state index is -4.52. The van der Waals surface area contributed by atoms with Gasteiger partial charge in [-0.3, -0.25) is 0 Å². The number of carbonyl (C=O) groups is 1. The van der Waals surface area contributed by atoms with Gasteiger partial charge in [0.15, 0.2) is 5.82 Å². The van der Waals surface area contributed by atoms with E-state index in [9.17, 15) is 22.4 Å².